The van der Waals surface area contributed by atoms with Gasteiger partial charge in [-0.2, -0.15) is 0 Å². The Hall–Kier alpha value is -2.49. The van der Waals surface area contributed by atoms with Crippen LogP contribution in [0.5, 0.6) is 5.75 Å². The molecule has 2 aromatic rings. The fourth-order valence-corrected chi connectivity index (χ4v) is 3.24. The Morgan fingerprint density at radius 2 is 1.90 bits per heavy atom. The van der Waals surface area contributed by atoms with E-state index >= 15 is 0 Å². The van der Waals surface area contributed by atoms with Gasteiger partial charge in [-0.05, 0) is 70.8 Å². The molecule has 9 heteroatoms. The van der Waals surface area contributed by atoms with Gasteiger partial charge >= 0.3 is 0 Å². The minimum absolute atomic E-state index is 0.0563. The Bertz CT molecular complexity index is 937. The highest BCUT2D eigenvalue weighted by Crippen LogP contribution is 2.26. The van der Waals surface area contributed by atoms with Crippen molar-refractivity contribution in [3.63, 3.8) is 0 Å². The number of hydrogen-bond acceptors (Lipinski definition) is 5. The molecule has 0 aliphatic carbocycles. The maximum atomic E-state index is 12.6. The van der Waals surface area contributed by atoms with E-state index in [1.807, 2.05) is 0 Å². The zero-order valence-electron chi connectivity index (χ0n) is 17.4. The Morgan fingerprint density at radius 3 is 2.58 bits per heavy atom. The highest BCUT2D eigenvalue weighted by Gasteiger charge is 2.14. The van der Waals surface area contributed by atoms with Gasteiger partial charge in [0.15, 0.2) is 5.11 Å². The highest BCUT2D eigenvalue weighted by atomic mass is 79.9. The molecule has 0 aliphatic rings. The summed E-state index contributed by atoms with van der Waals surface area (Å²) in [5.74, 6) is 0.460. The number of hydrogen-bond donors (Lipinski definition) is 4. The zero-order valence-corrected chi connectivity index (χ0v) is 19.8. The van der Waals surface area contributed by atoms with E-state index in [1.54, 1.807) is 42.5 Å². The van der Waals surface area contributed by atoms with E-state index in [0.29, 0.717) is 39.6 Å². The van der Waals surface area contributed by atoms with Gasteiger partial charge in [0.05, 0.1) is 28.9 Å². The van der Waals surface area contributed by atoms with E-state index in [4.69, 9.17) is 22.1 Å². The Labute approximate surface area is 195 Å². The molecule has 7 nitrogen and oxygen atoms in total. The number of halogens is 1. The number of para-hydroxylation sites is 1. The summed E-state index contributed by atoms with van der Waals surface area (Å²) in [5, 5.41) is 17.0. The molecule has 166 valence electrons. The molecule has 0 aromatic heterocycles. The van der Waals surface area contributed by atoms with Crippen molar-refractivity contribution in [1.82, 2.24) is 10.6 Å². The minimum atomic E-state index is -0.394. The quantitative estimate of drug-likeness (QED) is 0.386. The fourth-order valence-electron chi connectivity index (χ4n) is 2.55. The van der Waals surface area contributed by atoms with Crippen LogP contribution in [-0.2, 0) is 0 Å². The number of rotatable bonds is 9. The van der Waals surface area contributed by atoms with E-state index in [0.717, 1.165) is 6.42 Å². The average molecular weight is 508 g/mol. The first kappa shape index (κ1) is 24.8. The van der Waals surface area contributed by atoms with Crippen LogP contribution >= 0.6 is 28.1 Å². The van der Waals surface area contributed by atoms with Crippen molar-refractivity contribution in [2.45, 2.75) is 20.3 Å². The second kappa shape index (κ2) is 12.4. The number of thiocarbonyl (C=S) groups is 1. The zero-order chi connectivity index (χ0) is 22.8. The number of carbonyl (C=O) groups is 2. The standard InChI is InChI=1S/C22H26BrN3O4S/c1-14(2)9-12-30-19-8-7-15(13-17(19)23)20(28)26-22(31)25-18-6-4-3-5-16(18)21(29)24-10-11-27/h3-8,13-14,27H,9-12H2,1-2H3,(H,24,29)(H2,25,26,28,31). The molecule has 2 amide bonds. The molecule has 31 heavy (non-hydrogen) atoms. The van der Waals surface area contributed by atoms with Gasteiger partial charge in [-0.15, -0.1) is 0 Å². The minimum Gasteiger partial charge on any atom is -0.492 e. The Morgan fingerprint density at radius 1 is 1.16 bits per heavy atom. The number of nitrogens with one attached hydrogen (secondary N) is 3. The van der Waals surface area contributed by atoms with Crippen LogP contribution in [-0.4, -0.2) is 41.8 Å². The number of ether oxygens (including phenoxy) is 1. The van der Waals surface area contributed by atoms with Crippen LogP contribution in [0.1, 0.15) is 41.0 Å². The molecule has 0 spiro atoms. The number of aliphatic hydroxyl groups excluding tert-OH is 1. The lowest BCUT2D eigenvalue weighted by Crippen LogP contribution is -2.35. The third kappa shape index (κ3) is 7.93. The SMILES string of the molecule is CC(C)CCOc1ccc(C(=O)NC(=S)Nc2ccccc2C(=O)NCCO)cc1Br. The van der Waals surface area contributed by atoms with Gasteiger partial charge in [-0.3, -0.25) is 14.9 Å². The van der Waals surface area contributed by atoms with Gasteiger partial charge in [0.25, 0.3) is 11.8 Å². The van der Waals surface area contributed by atoms with Crippen molar-refractivity contribution < 1.29 is 19.4 Å². The van der Waals surface area contributed by atoms with Crippen LogP contribution in [0, 0.1) is 5.92 Å². The summed E-state index contributed by atoms with van der Waals surface area (Å²) >= 11 is 8.67. The van der Waals surface area contributed by atoms with Crippen LogP contribution in [0.3, 0.4) is 0 Å². The van der Waals surface area contributed by atoms with Gasteiger partial charge < -0.3 is 20.5 Å². The molecule has 0 radical (unpaired) electrons. The highest BCUT2D eigenvalue weighted by molar-refractivity contribution is 9.10. The first-order valence-electron chi connectivity index (χ1n) is 9.84. The van der Waals surface area contributed by atoms with Crippen LogP contribution < -0.4 is 20.7 Å². The van der Waals surface area contributed by atoms with Gasteiger partial charge in [0.1, 0.15) is 5.75 Å². The van der Waals surface area contributed by atoms with Crippen molar-refractivity contribution in [2.75, 3.05) is 25.1 Å². The molecule has 0 bridgehead atoms. The van der Waals surface area contributed by atoms with E-state index < -0.39 is 5.91 Å². The lowest BCUT2D eigenvalue weighted by atomic mass is 10.1. The van der Waals surface area contributed by atoms with Gasteiger partial charge in [-0.25, -0.2) is 0 Å². The molecular formula is C22H26BrN3O4S. The predicted octanol–water partition coefficient (Wildman–Crippen LogP) is 3.72. The smallest absolute Gasteiger partial charge is 0.257 e. The third-order valence-corrected chi connectivity index (χ3v) is 5.01. The van der Waals surface area contributed by atoms with E-state index in [-0.39, 0.29) is 24.2 Å². The van der Waals surface area contributed by atoms with E-state index in [1.165, 1.54) is 0 Å². The summed E-state index contributed by atoms with van der Waals surface area (Å²) in [7, 11) is 0. The van der Waals surface area contributed by atoms with Crippen LogP contribution in [0.25, 0.3) is 0 Å². The van der Waals surface area contributed by atoms with Crippen molar-refractivity contribution in [3.05, 3.63) is 58.1 Å². The van der Waals surface area contributed by atoms with Crippen molar-refractivity contribution >= 4 is 50.8 Å². The first-order chi connectivity index (χ1) is 14.8. The molecule has 0 atom stereocenters. The monoisotopic (exact) mass is 507 g/mol. The lowest BCUT2D eigenvalue weighted by molar-refractivity contribution is 0.0944. The maximum Gasteiger partial charge on any atom is 0.257 e. The third-order valence-electron chi connectivity index (χ3n) is 4.19. The van der Waals surface area contributed by atoms with Crippen molar-refractivity contribution in [1.29, 1.82) is 0 Å². The van der Waals surface area contributed by atoms with Gasteiger partial charge in [0, 0.05) is 12.1 Å². The molecule has 4 N–H and O–H groups in total. The molecule has 0 heterocycles. The lowest BCUT2D eigenvalue weighted by Gasteiger charge is -2.14. The summed E-state index contributed by atoms with van der Waals surface area (Å²) in [5.41, 5.74) is 1.19. The molecular weight excluding hydrogens is 482 g/mol. The summed E-state index contributed by atoms with van der Waals surface area (Å²) in [6.45, 7) is 4.83. The number of anilines is 1. The normalized spacial score (nSPS) is 10.5. The molecule has 0 saturated carbocycles. The topological polar surface area (TPSA) is 99.7 Å². The van der Waals surface area contributed by atoms with Crippen molar-refractivity contribution in [3.8, 4) is 5.75 Å². The molecule has 0 saturated heterocycles. The predicted molar refractivity (Wildman–Crippen MR) is 129 cm³/mol. The molecule has 0 fully saturated rings. The first-order valence-corrected chi connectivity index (χ1v) is 11.0. The average Bonchev–Trinajstić information content (AvgIpc) is 2.73. The summed E-state index contributed by atoms with van der Waals surface area (Å²) in [4.78, 5) is 24.8. The molecule has 0 unspecified atom stereocenters. The van der Waals surface area contributed by atoms with Gasteiger partial charge in [0.2, 0.25) is 0 Å². The summed E-state index contributed by atoms with van der Waals surface area (Å²) in [6, 6.07) is 11.8. The number of benzene rings is 2. The number of aliphatic hydroxyl groups is 1. The van der Waals surface area contributed by atoms with Crippen LogP contribution in [0.15, 0.2) is 46.9 Å². The van der Waals surface area contributed by atoms with Crippen LogP contribution in [0.2, 0.25) is 0 Å². The largest absolute Gasteiger partial charge is 0.492 e. The Kier molecular flexibility index (Phi) is 9.90. The second-order valence-electron chi connectivity index (χ2n) is 7.11. The van der Waals surface area contributed by atoms with Gasteiger partial charge in [-0.1, -0.05) is 26.0 Å². The van der Waals surface area contributed by atoms with Crippen molar-refractivity contribution in [2.24, 2.45) is 5.92 Å². The molecule has 2 rings (SSSR count). The number of amides is 2. The van der Waals surface area contributed by atoms with E-state index in [9.17, 15) is 9.59 Å². The molecule has 2 aromatic carbocycles. The van der Waals surface area contributed by atoms with E-state index in [2.05, 4.69) is 45.7 Å². The molecule has 0 aliphatic heterocycles. The summed E-state index contributed by atoms with van der Waals surface area (Å²) in [6.07, 6.45) is 0.939. The second-order valence-corrected chi connectivity index (χ2v) is 8.37. The summed E-state index contributed by atoms with van der Waals surface area (Å²) < 4.78 is 6.41. The number of carbonyl (C=O) groups excluding carboxylic acids is 2. The van der Waals surface area contributed by atoms with Crippen LogP contribution in [0.4, 0.5) is 5.69 Å². The maximum absolute atomic E-state index is 12.6. The Balaban J connectivity index is 1.99. The fraction of sp³-hybridized carbons (Fsp3) is 0.318.